The number of ether oxygens (including phenoxy) is 1. The zero-order valence-corrected chi connectivity index (χ0v) is 12.0. The molecular weight excluding hydrogens is 250 g/mol. The molecule has 1 aromatic carbocycles. The molecule has 2 N–H and O–H groups in total. The fourth-order valence-corrected chi connectivity index (χ4v) is 3.59. The van der Waals surface area contributed by atoms with Crippen LogP contribution < -0.4 is 5.73 Å². The van der Waals surface area contributed by atoms with Crippen molar-refractivity contribution in [3.63, 3.8) is 0 Å². The van der Waals surface area contributed by atoms with Crippen molar-refractivity contribution < 1.29 is 13.2 Å². The molecule has 1 aromatic rings. The summed E-state index contributed by atoms with van der Waals surface area (Å²) in [7, 11) is -1.68. The van der Waals surface area contributed by atoms with E-state index in [0.717, 1.165) is 16.7 Å². The lowest BCUT2D eigenvalue weighted by atomic mass is 10.1. The lowest BCUT2D eigenvalue weighted by Gasteiger charge is -2.11. The third-order valence-corrected chi connectivity index (χ3v) is 4.23. The third-order valence-electron chi connectivity index (χ3n) is 2.52. The lowest BCUT2D eigenvalue weighted by molar-refractivity contribution is 0.186. The topological polar surface area (TPSA) is 69.4 Å². The summed E-state index contributed by atoms with van der Waals surface area (Å²) in [5.41, 5.74) is 8.64. The number of sulfone groups is 1. The van der Waals surface area contributed by atoms with Gasteiger partial charge in [-0.15, -0.1) is 0 Å². The Morgan fingerprint density at radius 2 is 1.78 bits per heavy atom. The van der Waals surface area contributed by atoms with Gasteiger partial charge < -0.3 is 10.5 Å². The Morgan fingerprint density at radius 1 is 1.22 bits per heavy atom. The second kappa shape index (κ2) is 6.31. The van der Waals surface area contributed by atoms with E-state index in [9.17, 15) is 8.42 Å². The smallest absolute Gasteiger partial charge is 0.156 e. The van der Waals surface area contributed by atoms with Gasteiger partial charge in [0.25, 0.3) is 0 Å². The minimum Gasteiger partial charge on any atom is -0.383 e. The van der Waals surface area contributed by atoms with Gasteiger partial charge >= 0.3 is 0 Å². The van der Waals surface area contributed by atoms with Gasteiger partial charge in [0.15, 0.2) is 9.84 Å². The molecule has 0 aliphatic heterocycles. The summed E-state index contributed by atoms with van der Waals surface area (Å²) in [5, 5.41) is 0. The molecule has 0 aromatic heterocycles. The highest BCUT2D eigenvalue weighted by Gasteiger charge is 2.17. The van der Waals surface area contributed by atoms with Gasteiger partial charge in [-0.25, -0.2) is 8.42 Å². The summed E-state index contributed by atoms with van der Waals surface area (Å²) in [5.74, 6) is -0.0131. The van der Waals surface area contributed by atoms with Gasteiger partial charge in [-0.05, 0) is 19.4 Å². The van der Waals surface area contributed by atoms with Gasteiger partial charge in [-0.2, -0.15) is 0 Å². The molecular formula is C13H21NO3S. The van der Waals surface area contributed by atoms with Gasteiger partial charge in [-0.1, -0.05) is 29.3 Å². The zero-order valence-electron chi connectivity index (χ0n) is 11.1. The maximum absolute atomic E-state index is 12.0. The molecule has 5 heteroatoms. The monoisotopic (exact) mass is 271 g/mol. The van der Waals surface area contributed by atoms with Crippen LogP contribution in [0.2, 0.25) is 0 Å². The van der Waals surface area contributed by atoms with Crippen LogP contribution in [0.15, 0.2) is 18.2 Å². The third kappa shape index (κ3) is 5.16. The van der Waals surface area contributed by atoms with E-state index in [1.54, 1.807) is 0 Å². The first kappa shape index (κ1) is 15.1. The SMILES string of the molecule is COCC(N)CS(=O)(=O)Cc1cc(C)cc(C)c1. The van der Waals surface area contributed by atoms with E-state index in [2.05, 4.69) is 0 Å². The number of benzene rings is 1. The largest absolute Gasteiger partial charge is 0.383 e. The highest BCUT2D eigenvalue weighted by molar-refractivity contribution is 7.90. The van der Waals surface area contributed by atoms with Crippen LogP contribution in [0.25, 0.3) is 0 Å². The molecule has 0 radical (unpaired) electrons. The van der Waals surface area contributed by atoms with Crippen molar-refractivity contribution in [2.75, 3.05) is 19.5 Å². The van der Waals surface area contributed by atoms with Gasteiger partial charge in [0, 0.05) is 13.2 Å². The number of methoxy groups -OCH3 is 1. The van der Waals surface area contributed by atoms with E-state index in [1.807, 2.05) is 32.0 Å². The summed E-state index contributed by atoms with van der Waals surface area (Å²) < 4.78 is 28.8. The Balaban J connectivity index is 2.76. The summed E-state index contributed by atoms with van der Waals surface area (Å²) in [4.78, 5) is 0. The van der Waals surface area contributed by atoms with Crippen molar-refractivity contribution in [1.29, 1.82) is 0 Å². The average Bonchev–Trinajstić information content (AvgIpc) is 2.13. The van der Waals surface area contributed by atoms with Crippen molar-refractivity contribution in [3.05, 3.63) is 34.9 Å². The number of aryl methyl sites for hydroxylation is 2. The molecule has 1 rings (SSSR count). The standard InChI is InChI=1S/C13H21NO3S/c1-10-4-11(2)6-12(5-10)8-18(15,16)9-13(14)7-17-3/h4-6,13H,7-9,14H2,1-3H3. The Hall–Kier alpha value is -0.910. The fraction of sp³-hybridized carbons (Fsp3) is 0.538. The Morgan fingerprint density at radius 3 is 2.28 bits per heavy atom. The minimum atomic E-state index is -3.19. The molecule has 102 valence electrons. The van der Waals surface area contributed by atoms with Gasteiger partial charge in [0.2, 0.25) is 0 Å². The molecule has 0 amide bonds. The molecule has 1 unspecified atom stereocenters. The maximum atomic E-state index is 12.0. The lowest BCUT2D eigenvalue weighted by Crippen LogP contribution is -2.34. The maximum Gasteiger partial charge on any atom is 0.156 e. The highest BCUT2D eigenvalue weighted by Crippen LogP contribution is 2.13. The van der Waals surface area contributed by atoms with Crippen molar-refractivity contribution in [1.82, 2.24) is 0 Å². The quantitative estimate of drug-likeness (QED) is 0.844. The summed E-state index contributed by atoms with van der Waals surface area (Å²) in [6, 6.07) is 5.34. The molecule has 0 saturated heterocycles. The van der Waals surface area contributed by atoms with Crippen molar-refractivity contribution >= 4 is 9.84 Å². The van der Waals surface area contributed by atoms with E-state index in [4.69, 9.17) is 10.5 Å². The van der Waals surface area contributed by atoms with E-state index >= 15 is 0 Å². The molecule has 4 nitrogen and oxygen atoms in total. The van der Waals surface area contributed by atoms with Gasteiger partial charge in [0.05, 0.1) is 18.1 Å². The van der Waals surface area contributed by atoms with Crippen LogP contribution in [0, 0.1) is 13.8 Å². The normalized spacial score (nSPS) is 13.6. The Labute approximate surface area is 109 Å². The van der Waals surface area contributed by atoms with Crippen LogP contribution in [0.5, 0.6) is 0 Å². The van der Waals surface area contributed by atoms with Crippen molar-refractivity contribution in [2.24, 2.45) is 5.73 Å². The fourth-order valence-electron chi connectivity index (χ4n) is 2.05. The number of hydrogen-bond donors (Lipinski definition) is 1. The molecule has 0 aliphatic rings. The van der Waals surface area contributed by atoms with Crippen LogP contribution in [0.4, 0.5) is 0 Å². The van der Waals surface area contributed by atoms with E-state index in [-0.39, 0.29) is 18.1 Å². The number of hydrogen-bond acceptors (Lipinski definition) is 4. The molecule has 0 saturated carbocycles. The molecule has 0 bridgehead atoms. The zero-order chi connectivity index (χ0) is 13.8. The summed E-state index contributed by atoms with van der Waals surface area (Å²) in [6.07, 6.45) is 0. The van der Waals surface area contributed by atoms with Crippen molar-refractivity contribution in [2.45, 2.75) is 25.6 Å². The molecule has 0 spiro atoms. The predicted octanol–water partition coefficient (Wildman–Crippen LogP) is 1.19. The second-order valence-corrected chi connectivity index (χ2v) is 6.88. The van der Waals surface area contributed by atoms with Crippen LogP contribution in [-0.2, 0) is 20.3 Å². The molecule has 0 aliphatic carbocycles. The average molecular weight is 271 g/mol. The van der Waals surface area contributed by atoms with Crippen LogP contribution in [0.1, 0.15) is 16.7 Å². The summed E-state index contributed by atoms with van der Waals surface area (Å²) in [6.45, 7) is 4.17. The van der Waals surface area contributed by atoms with Crippen LogP contribution >= 0.6 is 0 Å². The molecule has 0 heterocycles. The van der Waals surface area contributed by atoms with E-state index < -0.39 is 15.9 Å². The van der Waals surface area contributed by atoms with Crippen LogP contribution in [0.3, 0.4) is 0 Å². The Kier molecular flexibility index (Phi) is 5.31. The van der Waals surface area contributed by atoms with Gasteiger partial charge in [0.1, 0.15) is 0 Å². The molecule has 0 fully saturated rings. The first-order valence-corrected chi connectivity index (χ1v) is 7.66. The minimum absolute atomic E-state index is 0.0347. The molecule has 18 heavy (non-hydrogen) atoms. The van der Waals surface area contributed by atoms with Gasteiger partial charge in [-0.3, -0.25) is 0 Å². The second-order valence-electron chi connectivity index (χ2n) is 4.77. The number of rotatable bonds is 6. The Bertz CT molecular complexity index is 477. The first-order chi connectivity index (χ1) is 8.32. The number of nitrogens with two attached hydrogens (primary N) is 1. The van der Waals surface area contributed by atoms with Crippen molar-refractivity contribution in [3.8, 4) is 0 Å². The first-order valence-electron chi connectivity index (χ1n) is 5.84. The van der Waals surface area contributed by atoms with E-state index in [0.29, 0.717) is 0 Å². The summed E-state index contributed by atoms with van der Waals surface area (Å²) >= 11 is 0. The highest BCUT2D eigenvalue weighted by atomic mass is 32.2. The molecule has 1 atom stereocenters. The van der Waals surface area contributed by atoms with E-state index in [1.165, 1.54) is 7.11 Å². The van der Waals surface area contributed by atoms with Crippen LogP contribution in [-0.4, -0.2) is 33.9 Å². The predicted molar refractivity (Wildman–Crippen MR) is 73.3 cm³/mol.